The third kappa shape index (κ3) is 3.49. The van der Waals surface area contributed by atoms with Crippen LogP contribution in [-0.4, -0.2) is 18.4 Å². The first-order valence-corrected chi connectivity index (χ1v) is 9.12. The number of hydrogen-bond donors (Lipinski definition) is 1. The highest BCUT2D eigenvalue weighted by molar-refractivity contribution is 9.10. The molecule has 0 radical (unpaired) electrons. The van der Waals surface area contributed by atoms with E-state index in [1.54, 1.807) is 0 Å². The highest BCUT2D eigenvalue weighted by atomic mass is 79.9. The Bertz CT molecular complexity index is 731. The minimum absolute atomic E-state index is 0.0821. The number of pyridine rings is 1. The van der Waals surface area contributed by atoms with Gasteiger partial charge < -0.3 is 0 Å². The van der Waals surface area contributed by atoms with Crippen LogP contribution in [-0.2, 0) is 10.0 Å². The predicted molar refractivity (Wildman–Crippen MR) is 84.0 cm³/mol. The normalized spacial score (nSPS) is 11.8. The molecule has 0 spiro atoms. The van der Waals surface area contributed by atoms with Gasteiger partial charge in [0.1, 0.15) is 10.0 Å². The maximum Gasteiger partial charge on any atom is 0.266 e. The van der Waals surface area contributed by atoms with Gasteiger partial charge in [-0.3, -0.25) is 4.72 Å². The van der Waals surface area contributed by atoms with E-state index in [9.17, 15) is 8.42 Å². The second kappa shape index (κ2) is 5.97. The van der Waals surface area contributed by atoms with Gasteiger partial charge in [0, 0.05) is 16.0 Å². The van der Waals surface area contributed by atoms with Gasteiger partial charge in [0.25, 0.3) is 10.0 Å². The zero-order chi connectivity index (χ0) is 14.9. The van der Waals surface area contributed by atoms with Gasteiger partial charge in [-0.15, -0.1) is 11.3 Å². The summed E-state index contributed by atoms with van der Waals surface area (Å²) in [5, 5.41) is 2.05. The van der Waals surface area contributed by atoms with Gasteiger partial charge in [0.2, 0.25) is 0 Å². The van der Waals surface area contributed by atoms with Crippen LogP contribution < -0.4 is 4.72 Å². The van der Waals surface area contributed by atoms with Gasteiger partial charge in [0.15, 0.2) is 5.13 Å². The van der Waals surface area contributed by atoms with Crippen LogP contribution >= 0.6 is 38.9 Å². The maximum atomic E-state index is 12.3. The second-order valence-electron chi connectivity index (χ2n) is 4.28. The molecule has 2 rings (SSSR count). The molecular formula is C11H11BrClN3O2S2. The van der Waals surface area contributed by atoms with E-state index < -0.39 is 10.0 Å². The molecule has 0 bridgehead atoms. The molecule has 0 amide bonds. The van der Waals surface area contributed by atoms with Crippen molar-refractivity contribution in [3.63, 3.8) is 0 Å². The Labute approximate surface area is 134 Å². The molecule has 0 atom stereocenters. The molecule has 2 aromatic heterocycles. The molecule has 5 nitrogen and oxygen atoms in total. The maximum absolute atomic E-state index is 12.3. The average molecular weight is 397 g/mol. The molecule has 1 N–H and O–H groups in total. The van der Waals surface area contributed by atoms with Crippen LogP contribution in [0.5, 0.6) is 0 Å². The van der Waals surface area contributed by atoms with Gasteiger partial charge in [-0.25, -0.2) is 18.4 Å². The number of thiazole rings is 1. The Morgan fingerprint density at radius 1 is 1.45 bits per heavy atom. The zero-order valence-corrected chi connectivity index (χ0v) is 14.6. The Morgan fingerprint density at radius 2 is 2.15 bits per heavy atom. The van der Waals surface area contributed by atoms with Gasteiger partial charge >= 0.3 is 0 Å². The fourth-order valence-corrected chi connectivity index (χ4v) is 4.43. The van der Waals surface area contributed by atoms with Gasteiger partial charge in [-0.05, 0) is 27.9 Å². The van der Waals surface area contributed by atoms with Crippen molar-refractivity contribution < 1.29 is 8.42 Å². The number of anilines is 1. The highest BCUT2D eigenvalue weighted by Gasteiger charge is 2.21. The van der Waals surface area contributed by atoms with E-state index in [1.165, 1.54) is 23.6 Å². The monoisotopic (exact) mass is 395 g/mol. The van der Waals surface area contributed by atoms with Crippen molar-refractivity contribution in [3.8, 4) is 0 Å². The summed E-state index contributed by atoms with van der Waals surface area (Å²) in [6, 6.07) is 1.40. The van der Waals surface area contributed by atoms with Crippen LogP contribution in [0.1, 0.15) is 25.5 Å². The number of nitrogens with zero attached hydrogens (tertiary/aromatic N) is 2. The molecule has 0 aliphatic rings. The smallest absolute Gasteiger partial charge is 0.255 e. The molecule has 20 heavy (non-hydrogen) atoms. The van der Waals surface area contributed by atoms with Crippen LogP contribution in [0.2, 0.25) is 5.15 Å². The molecule has 0 saturated heterocycles. The fourth-order valence-electron chi connectivity index (χ4n) is 1.36. The Kier molecular flexibility index (Phi) is 4.68. The summed E-state index contributed by atoms with van der Waals surface area (Å²) in [6.07, 6.45) is 1.43. The number of rotatable bonds is 4. The van der Waals surface area contributed by atoms with Crippen molar-refractivity contribution in [2.24, 2.45) is 0 Å². The molecule has 2 aromatic rings. The number of sulfonamides is 1. The average Bonchev–Trinajstić information content (AvgIpc) is 2.80. The summed E-state index contributed by atoms with van der Waals surface area (Å²) < 4.78 is 27.5. The summed E-state index contributed by atoms with van der Waals surface area (Å²) in [7, 11) is -3.81. The third-order valence-corrected chi connectivity index (χ3v) is 5.50. The molecule has 0 aliphatic heterocycles. The van der Waals surface area contributed by atoms with Crippen LogP contribution in [0, 0.1) is 0 Å². The summed E-state index contributed by atoms with van der Waals surface area (Å²) >= 11 is 10.2. The van der Waals surface area contributed by atoms with Gasteiger partial charge in [-0.2, -0.15) is 0 Å². The summed E-state index contributed by atoms with van der Waals surface area (Å²) in [5.41, 5.74) is 0.839. The van der Waals surface area contributed by atoms with Crippen molar-refractivity contribution >= 4 is 54.0 Å². The molecule has 0 aliphatic carbocycles. The van der Waals surface area contributed by atoms with E-state index in [0.29, 0.717) is 9.60 Å². The summed E-state index contributed by atoms with van der Waals surface area (Å²) in [6.45, 7) is 3.98. The molecule has 0 unspecified atom stereocenters. The van der Waals surface area contributed by atoms with Gasteiger partial charge in [-0.1, -0.05) is 25.4 Å². The van der Waals surface area contributed by atoms with Crippen LogP contribution in [0.15, 0.2) is 27.0 Å². The SMILES string of the molecule is CC(C)c1csc(NS(=O)(=O)c2cc(Br)cnc2Cl)n1. The van der Waals surface area contributed by atoms with E-state index in [1.807, 2.05) is 19.2 Å². The molecule has 0 fully saturated rings. The Hall–Kier alpha value is -0.700. The van der Waals surface area contributed by atoms with Crippen LogP contribution in [0.25, 0.3) is 0 Å². The number of aromatic nitrogens is 2. The van der Waals surface area contributed by atoms with E-state index in [2.05, 4.69) is 30.6 Å². The fraction of sp³-hybridized carbons (Fsp3) is 0.273. The van der Waals surface area contributed by atoms with Crippen molar-refractivity contribution in [1.29, 1.82) is 0 Å². The number of hydrogen-bond acceptors (Lipinski definition) is 5. The quantitative estimate of drug-likeness (QED) is 0.796. The van der Waals surface area contributed by atoms with Crippen molar-refractivity contribution in [1.82, 2.24) is 9.97 Å². The lowest BCUT2D eigenvalue weighted by Crippen LogP contribution is -2.14. The van der Waals surface area contributed by atoms with E-state index in [0.717, 1.165) is 5.69 Å². The second-order valence-corrected chi connectivity index (χ2v) is 8.06. The van der Waals surface area contributed by atoms with Crippen LogP contribution in [0.3, 0.4) is 0 Å². The molecule has 108 valence electrons. The molecule has 0 aromatic carbocycles. The molecule has 9 heteroatoms. The van der Waals surface area contributed by atoms with Gasteiger partial charge in [0.05, 0.1) is 5.69 Å². The Morgan fingerprint density at radius 3 is 2.75 bits per heavy atom. The standard InChI is InChI=1S/C11H11BrClN3O2S2/c1-6(2)8-5-19-11(15-8)16-20(17,18)9-3-7(12)4-14-10(9)13/h3-6H,1-2H3,(H,15,16). The lowest BCUT2D eigenvalue weighted by molar-refractivity contribution is 0.600. The minimum Gasteiger partial charge on any atom is -0.255 e. The lowest BCUT2D eigenvalue weighted by atomic mass is 10.2. The zero-order valence-electron chi connectivity index (χ0n) is 10.6. The third-order valence-electron chi connectivity index (χ3n) is 2.40. The van der Waals surface area contributed by atoms with E-state index >= 15 is 0 Å². The topological polar surface area (TPSA) is 72.0 Å². The van der Waals surface area contributed by atoms with Crippen molar-refractivity contribution in [2.75, 3.05) is 4.72 Å². The summed E-state index contributed by atoms with van der Waals surface area (Å²) in [4.78, 5) is 7.94. The first-order valence-electron chi connectivity index (χ1n) is 5.59. The van der Waals surface area contributed by atoms with E-state index in [4.69, 9.17) is 11.6 Å². The number of nitrogens with one attached hydrogen (secondary N) is 1. The molecular weight excluding hydrogens is 386 g/mol. The first kappa shape index (κ1) is 15.7. The minimum atomic E-state index is -3.81. The molecule has 2 heterocycles. The largest absolute Gasteiger partial charge is 0.266 e. The molecule has 0 saturated carbocycles. The van der Waals surface area contributed by atoms with Crippen molar-refractivity contribution in [2.45, 2.75) is 24.7 Å². The first-order chi connectivity index (χ1) is 9.29. The number of halogens is 2. The highest BCUT2D eigenvalue weighted by Crippen LogP contribution is 2.27. The van der Waals surface area contributed by atoms with E-state index in [-0.39, 0.29) is 16.0 Å². The summed E-state index contributed by atoms with van der Waals surface area (Å²) in [5.74, 6) is 0.237. The Balaban J connectivity index is 2.33. The lowest BCUT2D eigenvalue weighted by Gasteiger charge is -2.07. The van der Waals surface area contributed by atoms with Crippen LogP contribution in [0.4, 0.5) is 5.13 Å². The van der Waals surface area contributed by atoms with Crippen molar-refractivity contribution in [3.05, 3.63) is 33.0 Å². The predicted octanol–water partition coefficient (Wildman–Crippen LogP) is 3.88.